The van der Waals surface area contributed by atoms with Crippen LogP contribution in [0.5, 0.6) is 0 Å². The molecule has 2 aliphatic heterocycles. The van der Waals surface area contributed by atoms with Gasteiger partial charge in [0.15, 0.2) is 0 Å². The Morgan fingerprint density at radius 3 is 2.90 bits per heavy atom. The van der Waals surface area contributed by atoms with Crippen molar-refractivity contribution in [2.24, 2.45) is 0 Å². The van der Waals surface area contributed by atoms with Gasteiger partial charge in [0.25, 0.3) is 0 Å². The number of hydrogen-bond donors (Lipinski definition) is 0. The van der Waals surface area contributed by atoms with Gasteiger partial charge in [0, 0.05) is 30.7 Å². The lowest BCUT2D eigenvalue weighted by molar-refractivity contribution is -0.119. The summed E-state index contributed by atoms with van der Waals surface area (Å²) in [5.41, 5.74) is 2.15. The predicted molar refractivity (Wildman–Crippen MR) is 80.4 cm³/mol. The van der Waals surface area contributed by atoms with Gasteiger partial charge >= 0.3 is 0 Å². The molecule has 2 aliphatic rings. The Bertz CT molecular complexity index is 539. The van der Waals surface area contributed by atoms with Crippen molar-refractivity contribution in [2.45, 2.75) is 58.5 Å². The molecule has 1 amide bonds. The summed E-state index contributed by atoms with van der Waals surface area (Å²) in [5.74, 6) is 1.84. The van der Waals surface area contributed by atoms with Crippen LogP contribution in [-0.4, -0.2) is 35.1 Å². The van der Waals surface area contributed by atoms with Crippen LogP contribution >= 0.6 is 0 Å². The van der Waals surface area contributed by atoms with E-state index in [1.807, 2.05) is 11.8 Å². The largest absolute Gasteiger partial charge is 0.376 e. The van der Waals surface area contributed by atoms with E-state index >= 15 is 0 Å². The molecule has 5 heteroatoms. The van der Waals surface area contributed by atoms with Crippen molar-refractivity contribution in [3.8, 4) is 0 Å². The Morgan fingerprint density at radius 1 is 1.33 bits per heavy atom. The maximum atomic E-state index is 12.3. The third-order valence-corrected chi connectivity index (χ3v) is 4.27. The molecule has 0 radical (unpaired) electrons. The minimum absolute atomic E-state index is 0.157. The molecule has 21 heavy (non-hydrogen) atoms. The normalized spacial score (nSPS) is 21.7. The number of amides is 1. The molecule has 0 aliphatic carbocycles. The Hall–Kier alpha value is -1.49. The summed E-state index contributed by atoms with van der Waals surface area (Å²) in [4.78, 5) is 23.4. The molecular weight excluding hydrogens is 266 g/mol. The molecule has 0 spiro atoms. The van der Waals surface area contributed by atoms with Gasteiger partial charge in [0.1, 0.15) is 11.6 Å². The summed E-state index contributed by atoms with van der Waals surface area (Å²) < 4.78 is 5.69. The highest BCUT2D eigenvalue weighted by Gasteiger charge is 2.31. The summed E-state index contributed by atoms with van der Waals surface area (Å²) in [5, 5.41) is 0. The first-order valence-electron chi connectivity index (χ1n) is 7.97. The third kappa shape index (κ3) is 2.93. The molecule has 1 aromatic heterocycles. The smallest absolute Gasteiger partial charge is 0.228 e. The summed E-state index contributed by atoms with van der Waals surface area (Å²) >= 11 is 0. The molecule has 3 rings (SSSR count). The molecule has 1 saturated heterocycles. The van der Waals surface area contributed by atoms with Gasteiger partial charge in [-0.05, 0) is 32.6 Å². The Kier molecular flexibility index (Phi) is 4.19. The van der Waals surface area contributed by atoms with E-state index in [1.165, 1.54) is 0 Å². The fraction of sp³-hybridized carbons (Fsp3) is 0.688. The second-order valence-electron chi connectivity index (χ2n) is 5.92. The number of nitrogens with zero attached hydrogens (tertiary/aromatic N) is 3. The van der Waals surface area contributed by atoms with E-state index in [2.05, 4.69) is 16.9 Å². The van der Waals surface area contributed by atoms with Crippen molar-refractivity contribution in [1.82, 2.24) is 9.97 Å². The Balaban J connectivity index is 1.92. The average Bonchev–Trinajstić information content (AvgIpc) is 2.95. The fourth-order valence-corrected chi connectivity index (χ4v) is 3.15. The number of carbonyl (C=O) groups is 1. The van der Waals surface area contributed by atoms with Crippen molar-refractivity contribution < 1.29 is 9.53 Å². The minimum atomic E-state index is 0.157. The van der Waals surface area contributed by atoms with Crippen LogP contribution in [0.25, 0.3) is 0 Å². The number of fused-ring (bicyclic) bond motifs is 1. The van der Waals surface area contributed by atoms with Crippen LogP contribution < -0.4 is 4.90 Å². The summed E-state index contributed by atoms with van der Waals surface area (Å²) in [6.07, 6.45) is 5.46. The van der Waals surface area contributed by atoms with E-state index in [0.29, 0.717) is 13.0 Å². The number of carbonyl (C=O) groups excluding carboxylic acids is 1. The number of anilines is 1. The predicted octanol–water partition coefficient (Wildman–Crippen LogP) is 2.20. The Labute approximate surface area is 125 Å². The maximum Gasteiger partial charge on any atom is 0.228 e. The van der Waals surface area contributed by atoms with Crippen LogP contribution in [0, 0.1) is 6.92 Å². The maximum absolute atomic E-state index is 12.3. The highest BCUT2D eigenvalue weighted by Crippen LogP contribution is 2.29. The molecular formula is C16H23N3O2. The monoisotopic (exact) mass is 289 g/mol. The third-order valence-electron chi connectivity index (χ3n) is 4.27. The zero-order valence-electron chi connectivity index (χ0n) is 12.9. The van der Waals surface area contributed by atoms with Crippen molar-refractivity contribution in [3.63, 3.8) is 0 Å². The van der Waals surface area contributed by atoms with Crippen LogP contribution in [0.15, 0.2) is 0 Å². The lowest BCUT2D eigenvalue weighted by Crippen LogP contribution is -2.41. The molecule has 1 aromatic rings. The lowest BCUT2D eigenvalue weighted by Gasteiger charge is -2.31. The van der Waals surface area contributed by atoms with E-state index in [1.54, 1.807) is 0 Å². The standard InChI is InChI=1S/C16H23N3O2/c1-3-5-14-17-11(2)13-7-8-15(20)19(16(13)18-14)10-12-6-4-9-21-12/h12H,3-10H2,1-2H3/t12-/m1/s1. The minimum Gasteiger partial charge on any atom is -0.376 e. The molecule has 3 heterocycles. The molecule has 114 valence electrons. The average molecular weight is 289 g/mol. The van der Waals surface area contributed by atoms with Crippen molar-refractivity contribution in [2.75, 3.05) is 18.1 Å². The first-order chi connectivity index (χ1) is 10.2. The molecule has 0 bridgehead atoms. The molecule has 1 atom stereocenters. The number of ether oxygens (including phenoxy) is 1. The van der Waals surface area contributed by atoms with Crippen LogP contribution in [0.2, 0.25) is 0 Å². The van der Waals surface area contributed by atoms with Gasteiger partial charge in [-0.2, -0.15) is 0 Å². The molecule has 5 nitrogen and oxygen atoms in total. The number of hydrogen-bond acceptors (Lipinski definition) is 4. The molecule has 0 aromatic carbocycles. The van der Waals surface area contributed by atoms with Crippen molar-refractivity contribution in [3.05, 3.63) is 17.1 Å². The van der Waals surface area contributed by atoms with Gasteiger partial charge in [-0.15, -0.1) is 0 Å². The number of rotatable bonds is 4. The summed E-state index contributed by atoms with van der Waals surface area (Å²) in [6, 6.07) is 0. The highest BCUT2D eigenvalue weighted by atomic mass is 16.5. The quantitative estimate of drug-likeness (QED) is 0.852. The van der Waals surface area contributed by atoms with Crippen LogP contribution in [0.1, 0.15) is 49.7 Å². The second-order valence-corrected chi connectivity index (χ2v) is 5.92. The lowest BCUT2D eigenvalue weighted by atomic mass is 10.0. The van der Waals surface area contributed by atoms with Gasteiger partial charge in [-0.25, -0.2) is 9.97 Å². The first-order valence-corrected chi connectivity index (χ1v) is 7.97. The molecule has 0 unspecified atom stereocenters. The zero-order valence-corrected chi connectivity index (χ0v) is 12.9. The molecule has 1 fully saturated rings. The molecule has 0 saturated carbocycles. The van der Waals surface area contributed by atoms with E-state index in [-0.39, 0.29) is 12.0 Å². The van der Waals surface area contributed by atoms with Gasteiger partial charge in [0.2, 0.25) is 5.91 Å². The fourth-order valence-electron chi connectivity index (χ4n) is 3.15. The number of aryl methyl sites for hydroxylation is 2. The molecule has 0 N–H and O–H groups in total. The van der Waals surface area contributed by atoms with Gasteiger partial charge < -0.3 is 4.74 Å². The number of aromatic nitrogens is 2. The van der Waals surface area contributed by atoms with E-state index < -0.39 is 0 Å². The van der Waals surface area contributed by atoms with Gasteiger partial charge in [-0.3, -0.25) is 9.69 Å². The first kappa shape index (κ1) is 14.4. The zero-order chi connectivity index (χ0) is 14.8. The highest BCUT2D eigenvalue weighted by molar-refractivity contribution is 5.95. The van der Waals surface area contributed by atoms with Gasteiger partial charge in [0.05, 0.1) is 12.6 Å². The topological polar surface area (TPSA) is 55.3 Å². The summed E-state index contributed by atoms with van der Waals surface area (Å²) in [6.45, 7) is 5.59. The van der Waals surface area contributed by atoms with E-state index in [9.17, 15) is 4.79 Å². The van der Waals surface area contributed by atoms with Gasteiger partial charge in [-0.1, -0.05) is 6.92 Å². The van der Waals surface area contributed by atoms with E-state index in [0.717, 1.165) is 61.6 Å². The summed E-state index contributed by atoms with van der Waals surface area (Å²) in [7, 11) is 0. The van der Waals surface area contributed by atoms with Crippen LogP contribution in [0.3, 0.4) is 0 Å². The second kappa shape index (κ2) is 6.10. The SMILES string of the molecule is CCCc1nc(C)c2c(n1)N(C[C@H]1CCCO1)C(=O)CC2. The van der Waals surface area contributed by atoms with Crippen molar-refractivity contribution >= 4 is 11.7 Å². The van der Waals surface area contributed by atoms with E-state index in [4.69, 9.17) is 4.74 Å². The van der Waals surface area contributed by atoms with Crippen molar-refractivity contribution in [1.29, 1.82) is 0 Å². The van der Waals surface area contributed by atoms with Crippen LogP contribution in [-0.2, 0) is 22.4 Å². The Morgan fingerprint density at radius 2 is 2.19 bits per heavy atom. The van der Waals surface area contributed by atoms with Crippen LogP contribution in [0.4, 0.5) is 5.82 Å².